The molecule has 6 nitrogen and oxygen atoms in total. The van der Waals surface area contributed by atoms with Crippen LogP contribution in [-0.2, 0) is 0 Å². The van der Waals surface area contributed by atoms with E-state index in [0.717, 1.165) is 5.69 Å². The zero-order valence-electron chi connectivity index (χ0n) is 14.1. The van der Waals surface area contributed by atoms with Gasteiger partial charge in [0, 0.05) is 30.5 Å². The van der Waals surface area contributed by atoms with Crippen LogP contribution in [0.3, 0.4) is 0 Å². The first-order valence-corrected chi connectivity index (χ1v) is 8.30. The summed E-state index contributed by atoms with van der Waals surface area (Å²) in [4.78, 5) is 28.1. The Bertz CT molecular complexity index is 748. The number of hydrogen-bond donors (Lipinski definition) is 2. The lowest BCUT2D eigenvalue weighted by Gasteiger charge is -2.09. The molecule has 1 heterocycles. The van der Waals surface area contributed by atoms with Gasteiger partial charge in [-0.05, 0) is 44.2 Å². The van der Waals surface area contributed by atoms with Crippen molar-refractivity contribution in [2.24, 2.45) is 0 Å². The molecule has 2 rings (SSSR count). The Morgan fingerprint density at radius 2 is 1.72 bits per heavy atom. The van der Waals surface area contributed by atoms with E-state index in [2.05, 4.69) is 15.6 Å². The standard InChI is InChI=1S/C18H20ClN3O3/c1-3-25-16-7-6-13(10-15(16)19)17(23)20-8-9-21-18(24)14-5-4-12(2)22-11-14/h4-7,10-11H,3,8-9H2,1-2H3,(H,20,23)(H,21,24). The number of rotatable bonds is 7. The van der Waals surface area contributed by atoms with Gasteiger partial charge in [0.25, 0.3) is 11.8 Å². The van der Waals surface area contributed by atoms with Crippen molar-refractivity contribution in [2.75, 3.05) is 19.7 Å². The maximum absolute atomic E-state index is 12.1. The third kappa shape index (κ3) is 5.46. The fourth-order valence-electron chi connectivity index (χ4n) is 2.07. The molecule has 0 aliphatic carbocycles. The largest absolute Gasteiger partial charge is 0.492 e. The molecule has 0 saturated carbocycles. The Morgan fingerprint density at radius 3 is 2.28 bits per heavy atom. The summed E-state index contributed by atoms with van der Waals surface area (Å²) in [6.07, 6.45) is 1.52. The van der Waals surface area contributed by atoms with Crippen molar-refractivity contribution in [1.29, 1.82) is 0 Å². The van der Waals surface area contributed by atoms with Crippen molar-refractivity contribution in [1.82, 2.24) is 15.6 Å². The molecule has 0 saturated heterocycles. The molecule has 1 aromatic carbocycles. The summed E-state index contributed by atoms with van der Waals surface area (Å²) in [5, 5.41) is 5.83. The van der Waals surface area contributed by atoms with Gasteiger partial charge in [-0.25, -0.2) is 0 Å². The van der Waals surface area contributed by atoms with Crippen LogP contribution in [0.4, 0.5) is 0 Å². The average Bonchev–Trinajstić information content (AvgIpc) is 2.60. The normalized spacial score (nSPS) is 10.2. The van der Waals surface area contributed by atoms with E-state index < -0.39 is 0 Å². The predicted octanol–water partition coefficient (Wildman–Crippen LogP) is 2.60. The van der Waals surface area contributed by atoms with Gasteiger partial charge in [0.05, 0.1) is 17.2 Å². The van der Waals surface area contributed by atoms with E-state index >= 15 is 0 Å². The van der Waals surface area contributed by atoms with Crippen molar-refractivity contribution < 1.29 is 14.3 Å². The topological polar surface area (TPSA) is 80.3 Å². The number of benzene rings is 1. The summed E-state index contributed by atoms with van der Waals surface area (Å²) in [5.41, 5.74) is 1.76. The van der Waals surface area contributed by atoms with Crippen LogP contribution >= 0.6 is 11.6 Å². The number of ether oxygens (including phenoxy) is 1. The van der Waals surface area contributed by atoms with Crippen LogP contribution in [-0.4, -0.2) is 36.5 Å². The van der Waals surface area contributed by atoms with Gasteiger partial charge in [-0.3, -0.25) is 14.6 Å². The minimum absolute atomic E-state index is 0.231. The van der Waals surface area contributed by atoms with Gasteiger partial charge in [0.2, 0.25) is 0 Å². The number of carbonyl (C=O) groups is 2. The molecule has 1 aromatic heterocycles. The predicted molar refractivity (Wildman–Crippen MR) is 96.3 cm³/mol. The number of halogens is 1. The Kier molecular flexibility index (Phi) is 6.77. The molecule has 2 N–H and O–H groups in total. The molecule has 0 bridgehead atoms. The van der Waals surface area contributed by atoms with Gasteiger partial charge >= 0.3 is 0 Å². The van der Waals surface area contributed by atoms with Crippen LogP contribution in [0.15, 0.2) is 36.5 Å². The average molecular weight is 362 g/mol. The van der Waals surface area contributed by atoms with Crippen LogP contribution < -0.4 is 15.4 Å². The fraction of sp³-hybridized carbons (Fsp3) is 0.278. The first kappa shape index (κ1) is 18.7. The number of carbonyl (C=O) groups excluding carboxylic acids is 2. The minimum atomic E-state index is -0.267. The van der Waals surface area contributed by atoms with E-state index in [0.29, 0.717) is 41.6 Å². The van der Waals surface area contributed by atoms with Gasteiger partial charge in [0.15, 0.2) is 0 Å². The van der Waals surface area contributed by atoms with Crippen LogP contribution in [0.5, 0.6) is 5.75 Å². The summed E-state index contributed by atoms with van der Waals surface area (Å²) in [6.45, 7) is 4.82. The Labute approximate surface area is 151 Å². The summed E-state index contributed by atoms with van der Waals surface area (Å²) in [6, 6.07) is 8.33. The van der Waals surface area contributed by atoms with Crippen molar-refractivity contribution >= 4 is 23.4 Å². The maximum Gasteiger partial charge on any atom is 0.252 e. The number of hydrogen-bond acceptors (Lipinski definition) is 4. The molecular weight excluding hydrogens is 342 g/mol. The Hall–Kier alpha value is -2.60. The number of aromatic nitrogens is 1. The van der Waals surface area contributed by atoms with Crippen LogP contribution in [0.2, 0.25) is 5.02 Å². The second-order valence-corrected chi connectivity index (χ2v) is 5.69. The minimum Gasteiger partial charge on any atom is -0.492 e. The van der Waals surface area contributed by atoms with Crippen molar-refractivity contribution in [3.8, 4) is 5.75 Å². The maximum atomic E-state index is 12.1. The zero-order valence-corrected chi connectivity index (χ0v) is 14.9. The third-order valence-electron chi connectivity index (χ3n) is 3.36. The SMILES string of the molecule is CCOc1ccc(C(=O)NCCNC(=O)c2ccc(C)nc2)cc1Cl. The number of pyridine rings is 1. The number of amides is 2. The molecule has 0 spiro atoms. The van der Waals surface area contributed by atoms with E-state index in [-0.39, 0.29) is 11.8 Å². The molecule has 0 unspecified atom stereocenters. The van der Waals surface area contributed by atoms with Gasteiger partial charge in [-0.1, -0.05) is 11.6 Å². The highest BCUT2D eigenvalue weighted by molar-refractivity contribution is 6.32. The molecule has 7 heteroatoms. The number of nitrogens with zero attached hydrogens (tertiary/aromatic N) is 1. The van der Waals surface area contributed by atoms with E-state index in [1.807, 2.05) is 13.8 Å². The van der Waals surface area contributed by atoms with E-state index in [1.165, 1.54) is 6.20 Å². The second kappa shape index (κ2) is 9.03. The van der Waals surface area contributed by atoms with Crippen LogP contribution in [0.25, 0.3) is 0 Å². The van der Waals surface area contributed by atoms with Crippen LogP contribution in [0, 0.1) is 6.92 Å². The highest BCUT2D eigenvalue weighted by Gasteiger charge is 2.09. The van der Waals surface area contributed by atoms with Gasteiger partial charge in [0.1, 0.15) is 5.75 Å². The van der Waals surface area contributed by atoms with Crippen molar-refractivity contribution in [3.63, 3.8) is 0 Å². The van der Waals surface area contributed by atoms with Crippen molar-refractivity contribution in [3.05, 3.63) is 58.4 Å². The lowest BCUT2D eigenvalue weighted by molar-refractivity contribution is 0.0927. The second-order valence-electron chi connectivity index (χ2n) is 5.28. The smallest absolute Gasteiger partial charge is 0.252 e. The quantitative estimate of drug-likeness (QED) is 0.743. The molecule has 2 amide bonds. The highest BCUT2D eigenvalue weighted by Crippen LogP contribution is 2.25. The Morgan fingerprint density at radius 1 is 1.08 bits per heavy atom. The number of nitrogens with one attached hydrogen (secondary N) is 2. The lowest BCUT2D eigenvalue weighted by atomic mass is 10.2. The molecule has 0 aliphatic heterocycles. The van der Waals surface area contributed by atoms with Crippen molar-refractivity contribution in [2.45, 2.75) is 13.8 Å². The summed E-state index contributed by atoms with van der Waals surface area (Å²) < 4.78 is 5.33. The van der Waals surface area contributed by atoms with Gasteiger partial charge in [-0.15, -0.1) is 0 Å². The van der Waals surface area contributed by atoms with E-state index in [4.69, 9.17) is 16.3 Å². The molecule has 0 fully saturated rings. The lowest BCUT2D eigenvalue weighted by Crippen LogP contribution is -2.34. The monoisotopic (exact) mass is 361 g/mol. The van der Waals surface area contributed by atoms with Gasteiger partial charge < -0.3 is 15.4 Å². The summed E-state index contributed by atoms with van der Waals surface area (Å²) in [7, 11) is 0. The van der Waals surface area contributed by atoms with Crippen LogP contribution in [0.1, 0.15) is 33.3 Å². The fourth-order valence-corrected chi connectivity index (χ4v) is 2.31. The van der Waals surface area contributed by atoms with E-state index in [9.17, 15) is 9.59 Å². The molecule has 0 atom stereocenters. The Balaban J connectivity index is 1.79. The molecule has 2 aromatic rings. The number of aryl methyl sites for hydroxylation is 1. The van der Waals surface area contributed by atoms with E-state index in [1.54, 1.807) is 30.3 Å². The molecular formula is C18H20ClN3O3. The van der Waals surface area contributed by atoms with Gasteiger partial charge in [-0.2, -0.15) is 0 Å². The molecule has 132 valence electrons. The summed E-state index contributed by atoms with van der Waals surface area (Å²) >= 11 is 6.07. The third-order valence-corrected chi connectivity index (χ3v) is 3.66. The summed E-state index contributed by atoms with van der Waals surface area (Å²) in [5.74, 6) is 0.0433. The molecule has 0 radical (unpaired) electrons. The molecule has 25 heavy (non-hydrogen) atoms. The first-order chi connectivity index (χ1) is 12.0. The molecule has 0 aliphatic rings. The first-order valence-electron chi connectivity index (χ1n) is 7.92. The zero-order chi connectivity index (χ0) is 18.2. The highest BCUT2D eigenvalue weighted by atomic mass is 35.5.